The van der Waals surface area contributed by atoms with Gasteiger partial charge in [0.2, 0.25) is 5.91 Å². The summed E-state index contributed by atoms with van der Waals surface area (Å²) in [7, 11) is 0. The van der Waals surface area contributed by atoms with Crippen LogP contribution in [0.5, 0.6) is 0 Å². The fourth-order valence-corrected chi connectivity index (χ4v) is 4.13. The van der Waals surface area contributed by atoms with E-state index in [0.29, 0.717) is 0 Å². The van der Waals surface area contributed by atoms with Crippen LogP contribution in [-0.4, -0.2) is 17.4 Å². The summed E-state index contributed by atoms with van der Waals surface area (Å²) in [4.78, 5) is 15.4. The monoisotopic (exact) mass is 353 g/mol. The van der Waals surface area contributed by atoms with E-state index in [1.54, 1.807) is 0 Å². The van der Waals surface area contributed by atoms with Gasteiger partial charge in [-0.05, 0) is 48.1 Å². The van der Waals surface area contributed by atoms with Gasteiger partial charge in [0, 0.05) is 12.5 Å². The second-order valence-electron chi connectivity index (χ2n) is 7.21. The van der Waals surface area contributed by atoms with Gasteiger partial charge in [-0.15, -0.1) is 0 Å². The minimum atomic E-state index is -0.245. The number of amides is 1. The number of fused-ring (bicyclic) bond motifs is 1. The average Bonchev–Trinajstić information content (AvgIpc) is 2.67. The third kappa shape index (κ3) is 3.82. The lowest BCUT2D eigenvalue weighted by Crippen LogP contribution is -2.43. The highest BCUT2D eigenvalue weighted by Gasteiger charge is 2.34. The molecule has 0 spiro atoms. The molecule has 0 aromatic heterocycles. The van der Waals surface area contributed by atoms with Crippen LogP contribution in [-0.2, 0) is 11.2 Å². The number of carbonyl (C=O) groups is 1. The Bertz CT molecular complexity index is 734. The molecule has 0 bridgehead atoms. The van der Waals surface area contributed by atoms with Gasteiger partial charge in [-0.25, -0.2) is 4.39 Å². The molecule has 2 nitrogen and oxygen atoms in total. The minimum absolute atomic E-state index is 0.0817. The molecule has 1 aliphatic rings. The zero-order valence-corrected chi connectivity index (χ0v) is 15.7. The van der Waals surface area contributed by atoms with Gasteiger partial charge in [0.05, 0.1) is 6.04 Å². The lowest BCUT2D eigenvalue weighted by Gasteiger charge is -2.39. The summed E-state index contributed by atoms with van der Waals surface area (Å²) in [6.45, 7) is 5.00. The maximum absolute atomic E-state index is 13.5. The summed E-state index contributed by atoms with van der Waals surface area (Å²) >= 11 is 0. The lowest BCUT2D eigenvalue weighted by atomic mass is 9.86. The van der Waals surface area contributed by atoms with Crippen molar-refractivity contribution >= 4 is 5.91 Å². The van der Waals surface area contributed by atoms with E-state index in [0.717, 1.165) is 44.2 Å². The fraction of sp³-hybridized carbons (Fsp3) is 0.435. The molecular formula is C23H28FNO. The van der Waals surface area contributed by atoms with E-state index in [1.807, 2.05) is 23.1 Å². The molecule has 1 heterocycles. The van der Waals surface area contributed by atoms with Gasteiger partial charge in [-0.3, -0.25) is 4.79 Å². The van der Waals surface area contributed by atoms with Gasteiger partial charge >= 0.3 is 0 Å². The first-order valence-corrected chi connectivity index (χ1v) is 9.79. The van der Waals surface area contributed by atoms with Crippen LogP contribution in [0.3, 0.4) is 0 Å². The summed E-state index contributed by atoms with van der Waals surface area (Å²) in [5.74, 6) is 0.0845. The van der Waals surface area contributed by atoms with E-state index < -0.39 is 0 Å². The molecule has 0 saturated heterocycles. The van der Waals surface area contributed by atoms with E-state index in [1.165, 1.54) is 23.3 Å². The molecule has 0 saturated carbocycles. The Morgan fingerprint density at radius 2 is 1.73 bits per heavy atom. The fourth-order valence-electron chi connectivity index (χ4n) is 4.13. The summed E-state index contributed by atoms with van der Waals surface area (Å²) in [5, 5.41) is 0. The van der Waals surface area contributed by atoms with Gasteiger partial charge in [-0.1, -0.05) is 63.1 Å². The van der Waals surface area contributed by atoms with Crippen LogP contribution >= 0.6 is 0 Å². The molecule has 3 rings (SSSR count). The summed E-state index contributed by atoms with van der Waals surface area (Å²) < 4.78 is 13.5. The van der Waals surface area contributed by atoms with Gasteiger partial charge in [-0.2, -0.15) is 0 Å². The molecule has 1 aliphatic heterocycles. The van der Waals surface area contributed by atoms with E-state index in [9.17, 15) is 9.18 Å². The summed E-state index contributed by atoms with van der Waals surface area (Å²) in [6, 6.07) is 14.8. The zero-order valence-electron chi connectivity index (χ0n) is 15.7. The van der Waals surface area contributed by atoms with E-state index in [2.05, 4.69) is 32.0 Å². The van der Waals surface area contributed by atoms with Crippen LogP contribution in [0.15, 0.2) is 48.5 Å². The third-order valence-corrected chi connectivity index (χ3v) is 5.38. The molecule has 2 aromatic carbocycles. The van der Waals surface area contributed by atoms with Crippen LogP contribution in [0, 0.1) is 11.7 Å². The highest BCUT2D eigenvalue weighted by Crippen LogP contribution is 2.37. The summed E-state index contributed by atoms with van der Waals surface area (Å²) in [5.41, 5.74) is 3.44. The third-order valence-electron chi connectivity index (χ3n) is 5.38. The molecule has 0 N–H and O–H groups in total. The van der Waals surface area contributed by atoms with Crippen LogP contribution in [0.1, 0.15) is 62.3 Å². The first-order chi connectivity index (χ1) is 12.7. The summed E-state index contributed by atoms with van der Waals surface area (Å²) in [6.07, 6.45) is 4.77. The van der Waals surface area contributed by atoms with Gasteiger partial charge < -0.3 is 4.90 Å². The Labute approximate surface area is 156 Å². The van der Waals surface area contributed by atoms with Crippen molar-refractivity contribution in [2.45, 2.75) is 52.0 Å². The molecule has 0 fully saturated rings. The number of hydrogen-bond acceptors (Lipinski definition) is 1. The molecular weight excluding hydrogens is 325 g/mol. The second-order valence-corrected chi connectivity index (χ2v) is 7.21. The van der Waals surface area contributed by atoms with E-state index in [-0.39, 0.29) is 23.7 Å². The smallest absolute Gasteiger partial charge is 0.226 e. The second kappa shape index (κ2) is 8.48. The number of carbonyl (C=O) groups excluding carboxylic acids is 1. The van der Waals surface area contributed by atoms with Gasteiger partial charge in [0.25, 0.3) is 0 Å². The first kappa shape index (κ1) is 18.6. The highest BCUT2D eigenvalue weighted by atomic mass is 19.1. The zero-order chi connectivity index (χ0) is 18.5. The topological polar surface area (TPSA) is 20.3 Å². The predicted octanol–water partition coefficient (Wildman–Crippen LogP) is 5.52. The highest BCUT2D eigenvalue weighted by molar-refractivity contribution is 5.80. The SMILES string of the molecule is CCCC(CCC)C(=O)N1CCc2ccccc2[C@@H]1c1ccc(F)cc1. The molecule has 0 unspecified atom stereocenters. The van der Waals surface area contributed by atoms with E-state index in [4.69, 9.17) is 0 Å². The normalized spacial score (nSPS) is 16.6. The number of halogens is 1. The number of nitrogens with zero attached hydrogens (tertiary/aromatic N) is 1. The van der Waals surface area contributed by atoms with E-state index >= 15 is 0 Å². The minimum Gasteiger partial charge on any atom is -0.331 e. The quantitative estimate of drug-likeness (QED) is 0.670. The first-order valence-electron chi connectivity index (χ1n) is 9.79. The number of rotatable bonds is 6. The number of benzene rings is 2. The molecule has 3 heteroatoms. The van der Waals surface area contributed by atoms with Crippen LogP contribution in [0.4, 0.5) is 4.39 Å². The Morgan fingerprint density at radius 3 is 2.38 bits per heavy atom. The maximum atomic E-state index is 13.5. The largest absolute Gasteiger partial charge is 0.331 e. The van der Waals surface area contributed by atoms with Crippen LogP contribution < -0.4 is 0 Å². The molecule has 0 aliphatic carbocycles. The Hall–Kier alpha value is -2.16. The molecule has 1 amide bonds. The Morgan fingerprint density at radius 1 is 1.08 bits per heavy atom. The van der Waals surface area contributed by atoms with Crippen LogP contribution in [0.25, 0.3) is 0 Å². The van der Waals surface area contributed by atoms with Gasteiger partial charge in [0.1, 0.15) is 5.82 Å². The molecule has 26 heavy (non-hydrogen) atoms. The molecule has 2 aromatic rings. The van der Waals surface area contributed by atoms with Crippen molar-refractivity contribution in [2.24, 2.45) is 5.92 Å². The van der Waals surface area contributed by atoms with Crippen molar-refractivity contribution in [3.8, 4) is 0 Å². The van der Waals surface area contributed by atoms with Crippen molar-refractivity contribution in [2.75, 3.05) is 6.54 Å². The number of hydrogen-bond donors (Lipinski definition) is 0. The van der Waals surface area contributed by atoms with Crippen molar-refractivity contribution in [3.05, 3.63) is 71.0 Å². The average molecular weight is 353 g/mol. The van der Waals surface area contributed by atoms with Crippen molar-refractivity contribution in [3.63, 3.8) is 0 Å². The molecule has 1 atom stereocenters. The van der Waals surface area contributed by atoms with Crippen molar-refractivity contribution < 1.29 is 9.18 Å². The maximum Gasteiger partial charge on any atom is 0.226 e. The predicted molar refractivity (Wildman–Crippen MR) is 103 cm³/mol. The molecule has 138 valence electrons. The van der Waals surface area contributed by atoms with Crippen LogP contribution in [0.2, 0.25) is 0 Å². The Kier molecular flexibility index (Phi) is 6.08. The lowest BCUT2D eigenvalue weighted by molar-refractivity contribution is -0.138. The van der Waals surface area contributed by atoms with Crippen molar-refractivity contribution in [1.82, 2.24) is 4.90 Å². The van der Waals surface area contributed by atoms with Crippen molar-refractivity contribution in [1.29, 1.82) is 0 Å². The van der Waals surface area contributed by atoms with Gasteiger partial charge in [0.15, 0.2) is 0 Å². The molecule has 0 radical (unpaired) electrons. The Balaban J connectivity index is 2.00. The standard InChI is InChI=1S/C23H28FNO/c1-3-7-19(8-4-2)23(26)25-16-15-17-9-5-6-10-21(17)22(25)18-11-13-20(24)14-12-18/h5-6,9-14,19,22H,3-4,7-8,15-16H2,1-2H3/t22-/m0/s1.